The van der Waals surface area contributed by atoms with Crippen molar-refractivity contribution in [2.75, 3.05) is 12.0 Å². The van der Waals surface area contributed by atoms with Crippen molar-refractivity contribution in [1.82, 2.24) is 0 Å². The maximum atomic E-state index is 5.70. The zero-order chi connectivity index (χ0) is 13.5. The summed E-state index contributed by atoms with van der Waals surface area (Å²) in [7, 11) is 0. The number of nitrogens with one attached hydrogen (secondary N) is 1. The predicted octanol–water partition coefficient (Wildman–Crippen LogP) is 2.95. The van der Waals surface area contributed by atoms with E-state index in [2.05, 4.69) is 5.43 Å². The van der Waals surface area contributed by atoms with Gasteiger partial charge in [0.15, 0.2) is 0 Å². The van der Waals surface area contributed by atoms with Crippen LogP contribution in [0, 0.1) is 0 Å². The first-order chi connectivity index (χ1) is 9.31. The second-order valence-corrected chi connectivity index (χ2v) is 4.04. The second kappa shape index (κ2) is 6.66. The third-order valence-corrected chi connectivity index (χ3v) is 2.64. The molecule has 0 bridgehead atoms. The molecule has 0 atom stereocenters. The molecule has 19 heavy (non-hydrogen) atoms. The fraction of sp³-hybridized carbons (Fsp3) is 0.200. The molecule has 0 radical (unpaired) electrons. The number of benzene rings is 2. The summed E-state index contributed by atoms with van der Waals surface area (Å²) in [5, 5.41) is 0. The average Bonchev–Trinajstić information content (AvgIpc) is 2.47. The quantitative estimate of drug-likeness (QED) is 0.618. The lowest BCUT2D eigenvalue weighted by Gasteiger charge is -2.09. The molecule has 0 heterocycles. The molecular weight excluding hydrogens is 240 g/mol. The minimum atomic E-state index is 0.514. The van der Waals surface area contributed by atoms with Gasteiger partial charge in [0.2, 0.25) is 0 Å². The molecule has 0 aliphatic rings. The van der Waals surface area contributed by atoms with E-state index in [4.69, 9.17) is 15.3 Å². The van der Waals surface area contributed by atoms with Gasteiger partial charge in [0.25, 0.3) is 0 Å². The summed E-state index contributed by atoms with van der Waals surface area (Å²) in [5.74, 6) is 7.01. The van der Waals surface area contributed by atoms with E-state index >= 15 is 0 Å². The van der Waals surface area contributed by atoms with Crippen LogP contribution >= 0.6 is 0 Å². The number of nitrogen functional groups attached to an aromatic ring is 1. The van der Waals surface area contributed by atoms with Crippen molar-refractivity contribution in [3.05, 3.63) is 54.1 Å². The van der Waals surface area contributed by atoms with Crippen LogP contribution in [-0.2, 0) is 6.61 Å². The Morgan fingerprint density at radius 3 is 2.47 bits per heavy atom. The van der Waals surface area contributed by atoms with Gasteiger partial charge in [-0.25, -0.2) is 0 Å². The number of hydrogen-bond acceptors (Lipinski definition) is 4. The molecule has 2 aromatic carbocycles. The molecule has 0 saturated carbocycles. The number of ether oxygens (including phenoxy) is 2. The molecule has 3 N–H and O–H groups in total. The van der Waals surface area contributed by atoms with E-state index in [-0.39, 0.29) is 0 Å². The zero-order valence-electron chi connectivity index (χ0n) is 10.9. The number of rotatable bonds is 6. The van der Waals surface area contributed by atoms with Crippen LogP contribution in [0.4, 0.5) is 5.69 Å². The van der Waals surface area contributed by atoms with Crippen molar-refractivity contribution < 1.29 is 9.47 Å². The lowest BCUT2D eigenvalue weighted by Crippen LogP contribution is -2.06. The van der Waals surface area contributed by atoms with Crippen molar-refractivity contribution in [3.63, 3.8) is 0 Å². The third kappa shape index (κ3) is 3.89. The van der Waals surface area contributed by atoms with E-state index in [9.17, 15) is 0 Å². The van der Waals surface area contributed by atoms with Gasteiger partial charge < -0.3 is 14.9 Å². The summed E-state index contributed by atoms with van der Waals surface area (Å²) < 4.78 is 11.1. The lowest BCUT2D eigenvalue weighted by molar-refractivity contribution is 0.305. The highest BCUT2D eigenvalue weighted by molar-refractivity contribution is 5.47. The Kier molecular flexibility index (Phi) is 4.64. The highest BCUT2D eigenvalue weighted by Gasteiger charge is 1.98. The number of hydrogen-bond donors (Lipinski definition) is 2. The van der Waals surface area contributed by atoms with Crippen LogP contribution in [0.5, 0.6) is 11.5 Å². The van der Waals surface area contributed by atoms with Crippen molar-refractivity contribution in [1.29, 1.82) is 0 Å². The molecule has 0 saturated heterocycles. The van der Waals surface area contributed by atoms with Gasteiger partial charge >= 0.3 is 0 Å². The molecule has 2 aromatic rings. The molecule has 2 rings (SSSR count). The summed E-state index contributed by atoms with van der Waals surface area (Å²) in [6.07, 6.45) is 0. The van der Waals surface area contributed by atoms with Gasteiger partial charge in [-0.05, 0) is 36.8 Å². The van der Waals surface area contributed by atoms with Crippen LogP contribution in [-0.4, -0.2) is 6.61 Å². The van der Waals surface area contributed by atoms with Crippen LogP contribution in [0.3, 0.4) is 0 Å². The van der Waals surface area contributed by atoms with E-state index in [1.165, 1.54) is 0 Å². The molecule has 0 fully saturated rings. The first-order valence-electron chi connectivity index (χ1n) is 6.23. The maximum Gasteiger partial charge on any atom is 0.121 e. The molecule has 0 aliphatic heterocycles. The molecular formula is C15H18N2O2. The Hall–Kier alpha value is -2.20. The molecule has 100 valence electrons. The first kappa shape index (κ1) is 13.2. The van der Waals surface area contributed by atoms with Crippen LogP contribution in [0.25, 0.3) is 0 Å². The monoisotopic (exact) mass is 258 g/mol. The average molecular weight is 258 g/mol. The van der Waals surface area contributed by atoms with Crippen molar-refractivity contribution in [2.24, 2.45) is 5.84 Å². The Labute approximate surface area is 113 Å². The van der Waals surface area contributed by atoms with Gasteiger partial charge in [-0.15, -0.1) is 0 Å². The predicted molar refractivity (Wildman–Crippen MR) is 76.2 cm³/mol. The van der Waals surface area contributed by atoms with Gasteiger partial charge in [0.1, 0.15) is 18.1 Å². The van der Waals surface area contributed by atoms with Crippen molar-refractivity contribution >= 4 is 5.69 Å². The topological polar surface area (TPSA) is 56.5 Å². The van der Waals surface area contributed by atoms with Crippen molar-refractivity contribution in [2.45, 2.75) is 13.5 Å². The van der Waals surface area contributed by atoms with Gasteiger partial charge in [-0.3, -0.25) is 5.84 Å². The summed E-state index contributed by atoms with van der Waals surface area (Å²) in [6, 6.07) is 15.4. The van der Waals surface area contributed by atoms with Crippen LogP contribution in [0.1, 0.15) is 12.5 Å². The van der Waals surface area contributed by atoms with Crippen LogP contribution in [0.15, 0.2) is 48.5 Å². The minimum absolute atomic E-state index is 0.514. The summed E-state index contributed by atoms with van der Waals surface area (Å²) in [5.41, 5.74) is 4.51. The van der Waals surface area contributed by atoms with Gasteiger partial charge in [0, 0.05) is 6.07 Å². The largest absolute Gasteiger partial charge is 0.494 e. The van der Waals surface area contributed by atoms with Gasteiger partial charge in [-0.2, -0.15) is 0 Å². The van der Waals surface area contributed by atoms with Crippen LogP contribution < -0.4 is 20.7 Å². The van der Waals surface area contributed by atoms with Crippen LogP contribution in [0.2, 0.25) is 0 Å². The second-order valence-electron chi connectivity index (χ2n) is 4.04. The normalized spacial score (nSPS) is 10.0. The van der Waals surface area contributed by atoms with E-state index in [0.717, 1.165) is 22.7 Å². The third-order valence-electron chi connectivity index (χ3n) is 2.64. The Balaban J connectivity index is 1.94. The smallest absolute Gasteiger partial charge is 0.121 e. The van der Waals surface area contributed by atoms with Gasteiger partial charge in [-0.1, -0.05) is 18.2 Å². The zero-order valence-corrected chi connectivity index (χ0v) is 10.9. The molecule has 0 spiro atoms. The van der Waals surface area contributed by atoms with Crippen molar-refractivity contribution in [3.8, 4) is 11.5 Å². The summed E-state index contributed by atoms with van der Waals surface area (Å²) in [6.45, 7) is 3.16. The molecule has 0 aromatic heterocycles. The fourth-order valence-corrected chi connectivity index (χ4v) is 1.69. The minimum Gasteiger partial charge on any atom is -0.494 e. The summed E-state index contributed by atoms with van der Waals surface area (Å²) >= 11 is 0. The van der Waals surface area contributed by atoms with E-state index in [1.807, 2.05) is 55.5 Å². The Morgan fingerprint density at radius 1 is 1.00 bits per heavy atom. The first-order valence-corrected chi connectivity index (χ1v) is 6.23. The molecule has 0 amide bonds. The standard InChI is InChI=1S/C15H18N2O2/c1-2-18-14-8-6-12(7-9-14)11-19-15-5-3-4-13(10-15)17-16/h3-10,17H,2,11,16H2,1H3. The highest BCUT2D eigenvalue weighted by atomic mass is 16.5. The highest BCUT2D eigenvalue weighted by Crippen LogP contribution is 2.18. The summed E-state index contributed by atoms with van der Waals surface area (Å²) in [4.78, 5) is 0. The van der Waals surface area contributed by atoms with E-state index < -0.39 is 0 Å². The Bertz CT molecular complexity index is 512. The molecule has 0 aliphatic carbocycles. The number of hydrazine groups is 1. The number of anilines is 1. The molecule has 4 heteroatoms. The molecule has 0 unspecified atom stereocenters. The number of nitrogens with two attached hydrogens (primary N) is 1. The van der Waals surface area contributed by atoms with E-state index in [1.54, 1.807) is 0 Å². The molecule has 4 nitrogen and oxygen atoms in total. The fourth-order valence-electron chi connectivity index (χ4n) is 1.69. The Morgan fingerprint density at radius 2 is 1.79 bits per heavy atom. The lowest BCUT2D eigenvalue weighted by atomic mass is 10.2. The van der Waals surface area contributed by atoms with Gasteiger partial charge in [0.05, 0.1) is 12.3 Å². The maximum absolute atomic E-state index is 5.70. The van der Waals surface area contributed by atoms with E-state index in [0.29, 0.717) is 13.2 Å². The SMILES string of the molecule is CCOc1ccc(COc2cccc(NN)c2)cc1.